The van der Waals surface area contributed by atoms with Crippen LogP contribution in [0.2, 0.25) is 0 Å². The van der Waals surface area contributed by atoms with Crippen molar-refractivity contribution in [3.05, 3.63) is 0 Å². The molecule has 0 saturated carbocycles. The molecule has 228 valence electrons. The lowest BCUT2D eigenvalue weighted by atomic mass is 10.0. The molecule has 0 spiro atoms. The van der Waals surface area contributed by atoms with Crippen LogP contribution in [0.3, 0.4) is 0 Å². The van der Waals surface area contributed by atoms with Crippen molar-refractivity contribution < 1.29 is 4.79 Å². The minimum atomic E-state index is 0.337. The van der Waals surface area contributed by atoms with Gasteiger partial charge in [0.25, 0.3) is 0 Å². The van der Waals surface area contributed by atoms with Gasteiger partial charge in [-0.05, 0) is 85.2 Å². The van der Waals surface area contributed by atoms with Gasteiger partial charge >= 0.3 is 0 Å². The van der Waals surface area contributed by atoms with Crippen LogP contribution in [0.1, 0.15) is 164 Å². The van der Waals surface area contributed by atoms with Gasteiger partial charge in [0.1, 0.15) is 0 Å². The number of unbranched alkanes of at least 4 members (excludes halogenated alkanes) is 12. The number of rotatable bonds is 28. The first-order chi connectivity index (χ1) is 18.4. The highest BCUT2D eigenvalue weighted by Crippen LogP contribution is 2.19. The molecule has 0 aromatic rings. The maximum absolute atomic E-state index is 13.5. The van der Waals surface area contributed by atoms with Crippen molar-refractivity contribution in [3.8, 4) is 0 Å². The van der Waals surface area contributed by atoms with E-state index in [1.54, 1.807) is 0 Å². The topological polar surface area (TPSA) is 26.8 Å². The van der Waals surface area contributed by atoms with E-state index >= 15 is 0 Å². The van der Waals surface area contributed by atoms with Gasteiger partial charge in [-0.1, -0.05) is 112 Å². The van der Waals surface area contributed by atoms with Crippen LogP contribution in [-0.2, 0) is 4.79 Å². The second-order valence-corrected chi connectivity index (χ2v) is 11.8. The molecule has 0 bridgehead atoms. The maximum Gasteiger partial charge on any atom is 0.223 e. The molecule has 0 aliphatic heterocycles. The third-order valence-electron chi connectivity index (χ3n) is 8.71. The molecule has 4 heteroatoms. The fourth-order valence-corrected chi connectivity index (χ4v) is 5.93. The Kier molecular flexibility index (Phi) is 26.2. The fraction of sp³-hybridized carbons (Fsp3) is 0.971. The van der Waals surface area contributed by atoms with Gasteiger partial charge in [-0.2, -0.15) is 0 Å². The summed E-state index contributed by atoms with van der Waals surface area (Å²) >= 11 is 0. The molecule has 0 rings (SSSR count). The van der Waals surface area contributed by atoms with E-state index in [1.807, 2.05) is 0 Å². The van der Waals surface area contributed by atoms with E-state index < -0.39 is 0 Å². The molecule has 0 saturated heterocycles. The van der Waals surface area contributed by atoms with Crippen molar-refractivity contribution >= 4 is 5.91 Å². The van der Waals surface area contributed by atoms with Gasteiger partial charge in [-0.25, -0.2) is 0 Å². The molecular weight excluding hydrogens is 466 g/mol. The van der Waals surface area contributed by atoms with Crippen molar-refractivity contribution in [1.29, 1.82) is 0 Å². The molecule has 0 aliphatic rings. The van der Waals surface area contributed by atoms with Crippen LogP contribution in [0.15, 0.2) is 0 Å². The molecule has 1 amide bonds. The normalized spacial score (nSPS) is 13.4. The number of hydrogen-bond acceptors (Lipinski definition) is 3. The molecule has 0 aromatic carbocycles. The monoisotopic (exact) mass is 538 g/mol. The van der Waals surface area contributed by atoms with Crippen LogP contribution in [0.25, 0.3) is 0 Å². The molecule has 0 heterocycles. The summed E-state index contributed by atoms with van der Waals surface area (Å²) in [5, 5.41) is 0. The smallest absolute Gasteiger partial charge is 0.223 e. The number of carbonyl (C=O) groups is 1. The van der Waals surface area contributed by atoms with E-state index in [0.29, 0.717) is 18.0 Å². The summed E-state index contributed by atoms with van der Waals surface area (Å²) in [5.41, 5.74) is 0. The summed E-state index contributed by atoms with van der Waals surface area (Å²) in [6.07, 6.45) is 22.9. The summed E-state index contributed by atoms with van der Waals surface area (Å²) in [4.78, 5) is 20.7. The van der Waals surface area contributed by atoms with Gasteiger partial charge in [0, 0.05) is 18.5 Å². The van der Waals surface area contributed by atoms with Crippen LogP contribution < -0.4 is 0 Å². The van der Waals surface area contributed by atoms with Gasteiger partial charge in [0.05, 0.1) is 0 Å². The van der Waals surface area contributed by atoms with Crippen LogP contribution in [-0.4, -0.2) is 72.0 Å². The Morgan fingerprint density at radius 2 is 0.842 bits per heavy atom. The first kappa shape index (κ1) is 37.4. The largest absolute Gasteiger partial charge is 0.337 e. The number of amides is 1. The molecule has 0 fully saturated rings. The minimum absolute atomic E-state index is 0.337. The van der Waals surface area contributed by atoms with Crippen LogP contribution >= 0.6 is 0 Å². The Hall–Kier alpha value is -0.610. The van der Waals surface area contributed by atoms with Crippen LogP contribution in [0, 0.1) is 0 Å². The highest BCUT2D eigenvalue weighted by molar-refractivity contribution is 5.76. The average molecular weight is 538 g/mol. The minimum Gasteiger partial charge on any atom is -0.337 e. The number of hydrogen-bond donors (Lipinski definition) is 0. The van der Waals surface area contributed by atoms with E-state index in [4.69, 9.17) is 0 Å². The summed E-state index contributed by atoms with van der Waals surface area (Å²) in [6.45, 7) is 22.6. The quantitative estimate of drug-likeness (QED) is 0.0930. The average Bonchev–Trinajstić information content (AvgIpc) is 2.91. The van der Waals surface area contributed by atoms with Gasteiger partial charge in [0.2, 0.25) is 5.91 Å². The van der Waals surface area contributed by atoms with Crippen molar-refractivity contribution in [2.45, 2.75) is 176 Å². The van der Waals surface area contributed by atoms with Crippen LogP contribution in [0.4, 0.5) is 0 Å². The Balaban J connectivity index is 4.43. The summed E-state index contributed by atoms with van der Waals surface area (Å²) in [6, 6.07) is 0.673. The standard InChI is InChI=1S/C34H71N3O/c1-8-13-14-15-16-17-18-19-20-21-22-23-24-29-34(38)37(32(6)27-25-30-35(9-2)10-3)33(7)28-26-31-36(11-4)12-5/h32-33H,8-31H2,1-7H3. The van der Waals surface area contributed by atoms with Gasteiger partial charge in [-0.15, -0.1) is 0 Å². The second kappa shape index (κ2) is 26.6. The zero-order valence-electron chi connectivity index (χ0n) is 27.4. The molecule has 4 nitrogen and oxygen atoms in total. The molecule has 2 atom stereocenters. The second-order valence-electron chi connectivity index (χ2n) is 11.8. The highest BCUT2D eigenvalue weighted by atomic mass is 16.2. The van der Waals surface area contributed by atoms with Crippen molar-refractivity contribution in [1.82, 2.24) is 14.7 Å². The van der Waals surface area contributed by atoms with Crippen molar-refractivity contribution in [3.63, 3.8) is 0 Å². The molecule has 0 aromatic heterocycles. The molecule has 0 N–H and O–H groups in total. The summed E-state index contributed by atoms with van der Waals surface area (Å²) in [5.74, 6) is 0.402. The van der Waals surface area contributed by atoms with Gasteiger partial charge < -0.3 is 14.7 Å². The first-order valence-corrected chi connectivity index (χ1v) is 17.2. The van der Waals surface area contributed by atoms with Gasteiger partial charge in [0.15, 0.2) is 0 Å². The predicted molar refractivity (Wildman–Crippen MR) is 170 cm³/mol. The van der Waals surface area contributed by atoms with Gasteiger partial charge in [-0.3, -0.25) is 4.79 Å². The van der Waals surface area contributed by atoms with E-state index in [1.165, 1.54) is 89.9 Å². The molecular formula is C34H71N3O. The van der Waals surface area contributed by atoms with E-state index in [2.05, 4.69) is 63.2 Å². The number of nitrogens with zero attached hydrogens (tertiary/aromatic N) is 3. The molecule has 38 heavy (non-hydrogen) atoms. The first-order valence-electron chi connectivity index (χ1n) is 17.2. The maximum atomic E-state index is 13.5. The lowest BCUT2D eigenvalue weighted by molar-refractivity contribution is -0.136. The lowest BCUT2D eigenvalue weighted by Crippen LogP contribution is -2.45. The van der Waals surface area contributed by atoms with E-state index in [0.717, 1.165) is 65.0 Å². The highest BCUT2D eigenvalue weighted by Gasteiger charge is 2.25. The van der Waals surface area contributed by atoms with E-state index in [-0.39, 0.29) is 0 Å². The SMILES string of the molecule is CCCCCCCCCCCCCCCC(=O)N(C(C)CCCN(CC)CC)C(C)CCCN(CC)CC. The van der Waals surface area contributed by atoms with Crippen molar-refractivity contribution in [2.24, 2.45) is 0 Å². The fourth-order valence-electron chi connectivity index (χ4n) is 5.93. The van der Waals surface area contributed by atoms with E-state index in [9.17, 15) is 4.79 Å². The number of carbonyl (C=O) groups excluding carboxylic acids is 1. The molecule has 0 radical (unpaired) electrons. The Morgan fingerprint density at radius 1 is 0.500 bits per heavy atom. The third kappa shape index (κ3) is 19.4. The Labute approximate surface area is 240 Å². The molecule has 0 aliphatic carbocycles. The Bertz CT molecular complexity index is 480. The summed E-state index contributed by atoms with van der Waals surface area (Å²) < 4.78 is 0. The summed E-state index contributed by atoms with van der Waals surface area (Å²) in [7, 11) is 0. The lowest BCUT2D eigenvalue weighted by Gasteiger charge is -2.36. The Morgan fingerprint density at radius 3 is 1.18 bits per heavy atom. The van der Waals surface area contributed by atoms with Crippen molar-refractivity contribution in [2.75, 3.05) is 39.3 Å². The third-order valence-corrected chi connectivity index (χ3v) is 8.71. The van der Waals surface area contributed by atoms with Crippen LogP contribution in [0.5, 0.6) is 0 Å². The predicted octanol–water partition coefficient (Wildman–Crippen LogP) is 9.32. The zero-order chi connectivity index (χ0) is 28.4. The molecule has 2 unspecified atom stereocenters. The zero-order valence-corrected chi connectivity index (χ0v) is 27.4.